The summed E-state index contributed by atoms with van der Waals surface area (Å²) in [5.74, 6) is 0.855. The molecule has 0 N–H and O–H groups in total. The summed E-state index contributed by atoms with van der Waals surface area (Å²) in [6.07, 6.45) is -0.261. The van der Waals surface area contributed by atoms with E-state index < -0.39 is 0 Å². The number of benzene rings is 1. The molecule has 23 heavy (non-hydrogen) atoms. The van der Waals surface area contributed by atoms with Gasteiger partial charge >= 0.3 is 6.09 Å². The Morgan fingerprint density at radius 1 is 1.04 bits per heavy atom. The first-order valence-corrected chi connectivity index (χ1v) is 7.73. The van der Waals surface area contributed by atoms with Crippen LogP contribution >= 0.6 is 0 Å². The standard InChI is InChI=1S/C17H20N4O2/c1-14-7-8-16(19-18-14)20-9-11-21(12-10-20)17(22)23-13-15-5-3-2-4-6-15/h2-8H,9-13H2,1H3. The summed E-state index contributed by atoms with van der Waals surface area (Å²) >= 11 is 0. The zero-order valence-corrected chi connectivity index (χ0v) is 13.2. The molecule has 1 aliphatic heterocycles. The average molecular weight is 312 g/mol. The van der Waals surface area contributed by atoms with E-state index in [0.717, 1.165) is 30.2 Å². The Bertz CT molecular complexity index is 637. The van der Waals surface area contributed by atoms with E-state index in [0.29, 0.717) is 19.7 Å². The lowest BCUT2D eigenvalue weighted by Gasteiger charge is -2.34. The van der Waals surface area contributed by atoms with Crippen molar-refractivity contribution in [3.05, 3.63) is 53.7 Å². The minimum atomic E-state index is -0.261. The molecule has 2 heterocycles. The number of ether oxygens (including phenoxy) is 1. The van der Waals surface area contributed by atoms with Crippen LogP contribution in [-0.2, 0) is 11.3 Å². The molecule has 0 aliphatic carbocycles. The number of amides is 1. The van der Waals surface area contributed by atoms with Crippen LogP contribution in [0.25, 0.3) is 0 Å². The minimum absolute atomic E-state index is 0.261. The van der Waals surface area contributed by atoms with Crippen LogP contribution in [0.5, 0.6) is 0 Å². The number of anilines is 1. The molecule has 3 rings (SSSR count). The van der Waals surface area contributed by atoms with Crippen molar-refractivity contribution in [2.75, 3.05) is 31.1 Å². The predicted octanol–water partition coefficient (Wildman–Crippen LogP) is 2.24. The number of aryl methyl sites for hydroxylation is 1. The predicted molar refractivity (Wildman–Crippen MR) is 87.2 cm³/mol. The normalized spacial score (nSPS) is 14.7. The van der Waals surface area contributed by atoms with Crippen LogP contribution < -0.4 is 4.90 Å². The van der Waals surface area contributed by atoms with Crippen molar-refractivity contribution < 1.29 is 9.53 Å². The number of piperazine rings is 1. The van der Waals surface area contributed by atoms with E-state index in [1.165, 1.54) is 0 Å². The number of carbonyl (C=O) groups is 1. The monoisotopic (exact) mass is 312 g/mol. The third-order valence-corrected chi connectivity index (χ3v) is 3.85. The van der Waals surface area contributed by atoms with Crippen LogP contribution in [0, 0.1) is 6.92 Å². The van der Waals surface area contributed by atoms with Gasteiger partial charge in [0.05, 0.1) is 5.69 Å². The number of carbonyl (C=O) groups excluding carboxylic acids is 1. The number of rotatable bonds is 3. The molecule has 1 saturated heterocycles. The summed E-state index contributed by atoms with van der Waals surface area (Å²) in [6.45, 7) is 4.95. The topological polar surface area (TPSA) is 58.6 Å². The Kier molecular flexibility index (Phi) is 4.71. The van der Waals surface area contributed by atoms with Gasteiger partial charge in [-0.25, -0.2) is 4.79 Å². The van der Waals surface area contributed by atoms with Crippen molar-refractivity contribution in [2.24, 2.45) is 0 Å². The molecule has 1 aliphatic rings. The second kappa shape index (κ2) is 7.09. The summed E-state index contributed by atoms with van der Waals surface area (Å²) < 4.78 is 5.36. The average Bonchev–Trinajstić information content (AvgIpc) is 2.61. The van der Waals surface area contributed by atoms with Crippen molar-refractivity contribution >= 4 is 11.9 Å². The van der Waals surface area contributed by atoms with Crippen LogP contribution in [0.1, 0.15) is 11.3 Å². The van der Waals surface area contributed by atoms with E-state index in [2.05, 4.69) is 15.1 Å². The Labute approximate surface area is 135 Å². The van der Waals surface area contributed by atoms with E-state index in [9.17, 15) is 4.79 Å². The first kappa shape index (κ1) is 15.3. The van der Waals surface area contributed by atoms with Crippen LogP contribution in [0.15, 0.2) is 42.5 Å². The van der Waals surface area contributed by atoms with E-state index in [1.54, 1.807) is 4.90 Å². The molecular weight excluding hydrogens is 292 g/mol. The summed E-state index contributed by atoms with van der Waals surface area (Å²) in [6, 6.07) is 13.6. The highest BCUT2D eigenvalue weighted by atomic mass is 16.6. The van der Waals surface area contributed by atoms with Crippen LogP contribution in [0.2, 0.25) is 0 Å². The fraction of sp³-hybridized carbons (Fsp3) is 0.353. The first-order chi connectivity index (χ1) is 11.2. The van der Waals surface area contributed by atoms with E-state index in [-0.39, 0.29) is 6.09 Å². The highest BCUT2D eigenvalue weighted by Crippen LogP contribution is 2.13. The Hall–Kier alpha value is -2.63. The van der Waals surface area contributed by atoms with Gasteiger partial charge in [0.15, 0.2) is 5.82 Å². The van der Waals surface area contributed by atoms with Crippen molar-refractivity contribution in [3.8, 4) is 0 Å². The van der Waals surface area contributed by atoms with Gasteiger partial charge in [-0.2, -0.15) is 5.10 Å². The molecule has 1 aromatic heterocycles. The number of hydrogen-bond acceptors (Lipinski definition) is 5. The summed E-state index contributed by atoms with van der Waals surface area (Å²) in [5.41, 5.74) is 1.89. The molecule has 0 radical (unpaired) electrons. The van der Waals surface area contributed by atoms with Gasteiger partial charge in [-0.3, -0.25) is 0 Å². The molecule has 6 nitrogen and oxygen atoms in total. The molecule has 0 spiro atoms. The lowest BCUT2D eigenvalue weighted by Crippen LogP contribution is -2.49. The molecule has 1 aromatic carbocycles. The van der Waals surface area contributed by atoms with Gasteiger partial charge in [0.25, 0.3) is 0 Å². The van der Waals surface area contributed by atoms with E-state index in [1.807, 2.05) is 49.4 Å². The Balaban J connectivity index is 1.48. The fourth-order valence-electron chi connectivity index (χ4n) is 2.49. The quantitative estimate of drug-likeness (QED) is 0.870. The van der Waals surface area contributed by atoms with Gasteiger partial charge in [-0.05, 0) is 24.6 Å². The summed E-state index contributed by atoms with van der Waals surface area (Å²) in [7, 11) is 0. The van der Waals surface area contributed by atoms with Crippen LogP contribution in [0.3, 0.4) is 0 Å². The lowest BCUT2D eigenvalue weighted by molar-refractivity contribution is 0.0941. The van der Waals surface area contributed by atoms with Crippen molar-refractivity contribution in [1.29, 1.82) is 0 Å². The summed E-state index contributed by atoms with van der Waals surface area (Å²) in [5, 5.41) is 8.26. The Morgan fingerprint density at radius 3 is 2.43 bits per heavy atom. The van der Waals surface area contributed by atoms with Gasteiger partial charge in [-0.15, -0.1) is 5.10 Å². The molecule has 0 bridgehead atoms. The molecule has 120 valence electrons. The molecule has 2 aromatic rings. The van der Waals surface area contributed by atoms with Crippen LogP contribution in [0.4, 0.5) is 10.6 Å². The Morgan fingerprint density at radius 2 is 1.78 bits per heavy atom. The smallest absolute Gasteiger partial charge is 0.410 e. The molecule has 0 unspecified atom stereocenters. The van der Waals surface area contributed by atoms with Crippen molar-refractivity contribution in [3.63, 3.8) is 0 Å². The zero-order valence-electron chi connectivity index (χ0n) is 13.2. The van der Waals surface area contributed by atoms with Crippen molar-refractivity contribution in [2.45, 2.75) is 13.5 Å². The van der Waals surface area contributed by atoms with Gasteiger partial charge in [0.1, 0.15) is 6.61 Å². The maximum atomic E-state index is 12.1. The maximum Gasteiger partial charge on any atom is 0.410 e. The fourth-order valence-corrected chi connectivity index (χ4v) is 2.49. The van der Waals surface area contributed by atoms with Crippen LogP contribution in [-0.4, -0.2) is 47.4 Å². The van der Waals surface area contributed by atoms with E-state index in [4.69, 9.17) is 4.74 Å². The molecule has 6 heteroatoms. The largest absolute Gasteiger partial charge is 0.445 e. The van der Waals surface area contributed by atoms with Gasteiger partial charge in [0.2, 0.25) is 0 Å². The summed E-state index contributed by atoms with van der Waals surface area (Å²) in [4.78, 5) is 16.0. The first-order valence-electron chi connectivity index (χ1n) is 7.73. The second-order valence-corrected chi connectivity index (χ2v) is 5.55. The number of nitrogens with zero attached hydrogens (tertiary/aromatic N) is 4. The zero-order chi connectivity index (χ0) is 16.1. The van der Waals surface area contributed by atoms with Crippen molar-refractivity contribution in [1.82, 2.24) is 15.1 Å². The highest BCUT2D eigenvalue weighted by molar-refractivity contribution is 5.68. The molecule has 1 fully saturated rings. The van der Waals surface area contributed by atoms with E-state index >= 15 is 0 Å². The van der Waals surface area contributed by atoms with Gasteiger partial charge in [0, 0.05) is 26.2 Å². The highest BCUT2D eigenvalue weighted by Gasteiger charge is 2.23. The molecule has 0 atom stereocenters. The number of aromatic nitrogens is 2. The third-order valence-electron chi connectivity index (χ3n) is 3.85. The lowest BCUT2D eigenvalue weighted by atomic mass is 10.2. The second-order valence-electron chi connectivity index (χ2n) is 5.55. The maximum absolute atomic E-state index is 12.1. The SMILES string of the molecule is Cc1ccc(N2CCN(C(=O)OCc3ccccc3)CC2)nn1. The molecular formula is C17H20N4O2. The molecule has 1 amide bonds. The minimum Gasteiger partial charge on any atom is -0.445 e. The molecule has 0 saturated carbocycles. The third kappa shape index (κ3) is 3.97. The number of hydrogen-bond donors (Lipinski definition) is 0. The van der Waals surface area contributed by atoms with Gasteiger partial charge < -0.3 is 14.5 Å². The van der Waals surface area contributed by atoms with Gasteiger partial charge in [-0.1, -0.05) is 30.3 Å².